The summed E-state index contributed by atoms with van der Waals surface area (Å²) in [5, 5.41) is 9.92. The van der Waals surface area contributed by atoms with Crippen molar-refractivity contribution < 1.29 is 9.21 Å². The fraction of sp³-hybridized carbons (Fsp3) is 0.0769. The first-order chi connectivity index (χ1) is 17.2. The third-order valence-electron chi connectivity index (χ3n) is 5.32. The molecule has 9 heteroatoms. The van der Waals surface area contributed by atoms with E-state index in [0.29, 0.717) is 12.3 Å². The number of nitrogens with zero attached hydrogens (tertiary/aromatic N) is 3. The SMILES string of the molecule is O=C(Nc1ccccc1)Nc1ccc(CCNc2ncnc3oc(-c4ccncc4)c(I)c23)cc1. The second kappa shape index (κ2) is 10.5. The van der Waals surface area contributed by atoms with Gasteiger partial charge >= 0.3 is 6.03 Å². The van der Waals surface area contributed by atoms with Crippen molar-refractivity contribution >= 4 is 56.9 Å². The maximum Gasteiger partial charge on any atom is 0.323 e. The van der Waals surface area contributed by atoms with E-state index in [2.05, 4.69) is 53.5 Å². The van der Waals surface area contributed by atoms with Crippen molar-refractivity contribution in [2.24, 2.45) is 0 Å². The highest BCUT2D eigenvalue weighted by Crippen LogP contribution is 2.36. The lowest BCUT2D eigenvalue weighted by molar-refractivity contribution is 0.262. The Labute approximate surface area is 215 Å². The van der Waals surface area contributed by atoms with Gasteiger partial charge in [0.2, 0.25) is 5.71 Å². The minimum absolute atomic E-state index is 0.278. The Kier molecular flexibility index (Phi) is 6.85. The Hall–Kier alpha value is -3.99. The molecule has 3 heterocycles. The van der Waals surface area contributed by atoms with Crippen LogP contribution >= 0.6 is 22.6 Å². The summed E-state index contributed by atoms with van der Waals surface area (Å²) in [5.74, 6) is 1.49. The van der Waals surface area contributed by atoms with E-state index in [0.717, 1.165) is 49.5 Å². The zero-order valence-corrected chi connectivity index (χ0v) is 20.7. The van der Waals surface area contributed by atoms with Crippen molar-refractivity contribution in [2.75, 3.05) is 22.5 Å². The van der Waals surface area contributed by atoms with Crippen LogP contribution in [0.3, 0.4) is 0 Å². The minimum Gasteiger partial charge on any atom is -0.436 e. The summed E-state index contributed by atoms with van der Waals surface area (Å²) >= 11 is 2.27. The Morgan fingerprint density at radius 3 is 2.34 bits per heavy atom. The molecule has 3 aromatic heterocycles. The number of carbonyl (C=O) groups is 1. The van der Waals surface area contributed by atoms with Gasteiger partial charge in [-0.05, 0) is 71.0 Å². The topological polar surface area (TPSA) is 105 Å². The fourth-order valence-corrected chi connectivity index (χ4v) is 4.53. The first kappa shape index (κ1) is 22.8. The molecular weight excluding hydrogens is 555 g/mol. The van der Waals surface area contributed by atoms with Crippen LogP contribution in [0.5, 0.6) is 0 Å². The van der Waals surface area contributed by atoms with E-state index in [1.165, 1.54) is 6.33 Å². The molecule has 8 nitrogen and oxygen atoms in total. The van der Waals surface area contributed by atoms with E-state index in [9.17, 15) is 4.79 Å². The Balaban J connectivity index is 1.20. The zero-order valence-electron chi connectivity index (χ0n) is 18.5. The van der Waals surface area contributed by atoms with Crippen molar-refractivity contribution in [3.05, 3.63) is 94.6 Å². The standard InChI is InChI=1S/C26H21IN6O2/c27-22-21-24(30-16-31-25(21)35-23(22)18-11-13-28-14-12-18)29-15-10-17-6-8-20(9-7-17)33-26(34)32-19-4-2-1-3-5-19/h1-9,11-14,16H,10,15H2,(H,29,30,31)(H2,32,33,34). The van der Waals surface area contributed by atoms with E-state index < -0.39 is 0 Å². The highest BCUT2D eigenvalue weighted by molar-refractivity contribution is 14.1. The third-order valence-corrected chi connectivity index (χ3v) is 6.35. The number of nitrogens with one attached hydrogen (secondary N) is 3. The molecule has 0 spiro atoms. The molecule has 0 radical (unpaired) electrons. The monoisotopic (exact) mass is 576 g/mol. The quantitative estimate of drug-likeness (QED) is 0.200. The molecule has 0 saturated carbocycles. The average molecular weight is 576 g/mol. The highest BCUT2D eigenvalue weighted by Gasteiger charge is 2.18. The van der Waals surface area contributed by atoms with Gasteiger partial charge in [0.1, 0.15) is 12.1 Å². The van der Waals surface area contributed by atoms with Gasteiger partial charge in [0.25, 0.3) is 0 Å². The first-order valence-corrected chi connectivity index (χ1v) is 12.0. The molecule has 0 fully saturated rings. The summed E-state index contributed by atoms with van der Waals surface area (Å²) < 4.78 is 6.96. The van der Waals surface area contributed by atoms with E-state index >= 15 is 0 Å². The number of benzene rings is 2. The molecule has 5 rings (SSSR count). The Bertz CT molecular complexity index is 1440. The molecule has 0 bridgehead atoms. The van der Waals surface area contributed by atoms with Gasteiger partial charge in [-0.25, -0.2) is 14.8 Å². The van der Waals surface area contributed by atoms with Gasteiger partial charge in [-0.2, -0.15) is 0 Å². The van der Waals surface area contributed by atoms with Gasteiger partial charge in [0, 0.05) is 35.9 Å². The maximum atomic E-state index is 12.2. The van der Waals surface area contributed by atoms with Crippen molar-refractivity contribution in [3.63, 3.8) is 0 Å². The van der Waals surface area contributed by atoms with Crippen molar-refractivity contribution in [1.29, 1.82) is 0 Å². The number of hydrogen-bond acceptors (Lipinski definition) is 6. The number of fused-ring (bicyclic) bond motifs is 1. The van der Waals surface area contributed by atoms with Gasteiger partial charge in [-0.3, -0.25) is 4.98 Å². The number of amides is 2. The van der Waals surface area contributed by atoms with E-state index in [1.807, 2.05) is 66.7 Å². The molecule has 174 valence electrons. The molecule has 0 aliphatic heterocycles. The lowest BCUT2D eigenvalue weighted by atomic mass is 10.1. The molecule has 0 unspecified atom stereocenters. The van der Waals surface area contributed by atoms with Crippen LogP contribution in [0.25, 0.3) is 22.4 Å². The summed E-state index contributed by atoms with van der Waals surface area (Å²) in [6.45, 7) is 0.680. The average Bonchev–Trinajstić information content (AvgIpc) is 3.23. The summed E-state index contributed by atoms with van der Waals surface area (Å²) in [6.07, 6.45) is 5.76. The Morgan fingerprint density at radius 2 is 1.60 bits per heavy atom. The van der Waals surface area contributed by atoms with Crippen LogP contribution in [0.4, 0.5) is 22.0 Å². The number of hydrogen-bond donors (Lipinski definition) is 3. The number of rotatable bonds is 7. The number of halogens is 1. The van der Waals surface area contributed by atoms with Crippen molar-refractivity contribution in [3.8, 4) is 11.3 Å². The number of pyridine rings is 1. The number of aromatic nitrogens is 3. The van der Waals surface area contributed by atoms with Gasteiger partial charge in [0.15, 0.2) is 5.76 Å². The predicted octanol–water partition coefficient (Wildman–Crippen LogP) is 6.19. The van der Waals surface area contributed by atoms with Crippen molar-refractivity contribution in [2.45, 2.75) is 6.42 Å². The molecule has 2 amide bonds. The maximum absolute atomic E-state index is 12.2. The second-order valence-electron chi connectivity index (χ2n) is 7.70. The van der Waals surface area contributed by atoms with Crippen LogP contribution in [0.15, 0.2) is 89.9 Å². The van der Waals surface area contributed by atoms with E-state index in [4.69, 9.17) is 4.42 Å². The number of urea groups is 1. The normalized spacial score (nSPS) is 10.8. The summed E-state index contributed by atoms with van der Waals surface area (Å²) in [7, 11) is 0. The van der Waals surface area contributed by atoms with Gasteiger partial charge in [-0.1, -0.05) is 30.3 Å². The number of para-hydroxylation sites is 1. The van der Waals surface area contributed by atoms with Crippen LogP contribution in [0, 0.1) is 3.57 Å². The molecule has 0 saturated heterocycles. The fourth-order valence-electron chi connectivity index (χ4n) is 3.62. The van der Waals surface area contributed by atoms with Crippen molar-refractivity contribution in [1.82, 2.24) is 15.0 Å². The first-order valence-electron chi connectivity index (χ1n) is 11.0. The molecule has 5 aromatic rings. The number of carbonyl (C=O) groups excluding carboxylic acids is 1. The van der Waals surface area contributed by atoms with E-state index in [1.54, 1.807) is 12.4 Å². The lowest BCUT2D eigenvalue weighted by Gasteiger charge is -2.09. The molecular formula is C26H21IN6O2. The Morgan fingerprint density at radius 1 is 0.886 bits per heavy atom. The summed E-state index contributed by atoms with van der Waals surface area (Å²) in [5.41, 5.74) is 4.09. The minimum atomic E-state index is -0.278. The van der Waals surface area contributed by atoms with E-state index in [-0.39, 0.29) is 6.03 Å². The zero-order chi connectivity index (χ0) is 24.0. The van der Waals surface area contributed by atoms with Crippen LogP contribution in [0.2, 0.25) is 0 Å². The number of anilines is 3. The van der Waals surface area contributed by atoms with Crippen LogP contribution in [-0.2, 0) is 6.42 Å². The lowest BCUT2D eigenvalue weighted by Crippen LogP contribution is -2.19. The van der Waals surface area contributed by atoms with Gasteiger partial charge in [0.05, 0.1) is 8.96 Å². The van der Waals surface area contributed by atoms with Gasteiger partial charge in [-0.15, -0.1) is 0 Å². The molecule has 35 heavy (non-hydrogen) atoms. The summed E-state index contributed by atoms with van der Waals surface area (Å²) in [4.78, 5) is 25.0. The largest absolute Gasteiger partial charge is 0.436 e. The summed E-state index contributed by atoms with van der Waals surface area (Å²) in [6, 6.07) is 20.6. The third kappa shape index (κ3) is 5.40. The smallest absolute Gasteiger partial charge is 0.323 e. The number of furan rings is 1. The van der Waals surface area contributed by atoms with Crippen LogP contribution < -0.4 is 16.0 Å². The predicted molar refractivity (Wildman–Crippen MR) is 145 cm³/mol. The highest BCUT2D eigenvalue weighted by atomic mass is 127. The van der Waals surface area contributed by atoms with Crippen LogP contribution in [-0.4, -0.2) is 27.5 Å². The second-order valence-corrected chi connectivity index (χ2v) is 8.78. The van der Waals surface area contributed by atoms with Crippen LogP contribution in [0.1, 0.15) is 5.56 Å². The molecule has 0 aliphatic rings. The molecule has 0 aliphatic carbocycles. The van der Waals surface area contributed by atoms with Gasteiger partial charge < -0.3 is 20.4 Å². The molecule has 2 aromatic carbocycles. The molecule has 0 atom stereocenters. The molecule has 3 N–H and O–H groups in total.